The van der Waals surface area contributed by atoms with Crippen LogP contribution in [0.4, 0.5) is 0 Å². The van der Waals surface area contributed by atoms with Crippen LogP contribution in [0.1, 0.15) is 208 Å². The molecule has 4 aliphatic rings. The van der Waals surface area contributed by atoms with Gasteiger partial charge in [-0.15, -0.1) is 0 Å². The molecule has 0 aliphatic heterocycles. The van der Waals surface area contributed by atoms with Gasteiger partial charge in [0, 0.05) is 18.4 Å². The lowest BCUT2D eigenvalue weighted by molar-refractivity contribution is -0.182. The minimum Gasteiger partial charge on any atom is -0.462 e. The van der Waals surface area contributed by atoms with Crippen molar-refractivity contribution in [2.75, 3.05) is 6.61 Å². The molecule has 4 unspecified atom stereocenters. The van der Waals surface area contributed by atoms with E-state index < -0.39 is 0 Å². The highest BCUT2D eigenvalue weighted by Gasteiger charge is 2.63. The van der Waals surface area contributed by atoms with Crippen LogP contribution < -0.4 is 0 Å². The van der Waals surface area contributed by atoms with Crippen LogP contribution in [-0.4, -0.2) is 23.8 Å². The summed E-state index contributed by atoms with van der Waals surface area (Å²) in [6, 6.07) is 0. The van der Waals surface area contributed by atoms with Gasteiger partial charge in [-0.2, -0.15) is 0 Å². The standard InChI is InChI=1S/C45H80O3/c1-35(2)24-23-25-36(3)39-30-31-40-38-29-28-37-26-20-21-32-44(37,4)41(38)34-42(45(39,40)5)48-43(47)27-19-17-15-13-11-9-7-6-8-10-12-14-16-18-22-33-46/h28,35-36,38-42,46H,6-27,29-34H2,1-5H3/t36-,38?,39-,40?,41?,42?,44+,45-/m1/s1. The smallest absolute Gasteiger partial charge is 0.306 e. The van der Waals surface area contributed by atoms with E-state index in [0.29, 0.717) is 42.1 Å². The normalized spacial score (nSPS) is 32.0. The van der Waals surface area contributed by atoms with Crippen molar-refractivity contribution in [3.63, 3.8) is 0 Å². The quantitative estimate of drug-likeness (QED) is 0.0669. The topological polar surface area (TPSA) is 46.5 Å². The molecule has 3 saturated carbocycles. The van der Waals surface area contributed by atoms with Gasteiger partial charge in [-0.05, 0) is 98.7 Å². The van der Waals surface area contributed by atoms with Crippen LogP contribution in [0.25, 0.3) is 0 Å². The first-order valence-corrected chi connectivity index (χ1v) is 21.7. The third kappa shape index (κ3) is 10.6. The summed E-state index contributed by atoms with van der Waals surface area (Å²) in [6.07, 6.45) is 37.0. The lowest BCUT2D eigenvalue weighted by atomic mass is 9.46. The van der Waals surface area contributed by atoms with Crippen molar-refractivity contribution in [3.8, 4) is 0 Å². The third-order valence-corrected chi connectivity index (χ3v) is 14.6. The van der Waals surface area contributed by atoms with Gasteiger partial charge in [0.05, 0.1) is 0 Å². The SMILES string of the molecule is CC(C)CCC[C@@H](C)[C@H]1CCC2C3CC=C4CCCC[C@]4(C)C3CC(OC(=O)CCCCCCCCCCCCCCCCCO)[C@@]21C. The Hall–Kier alpha value is -0.830. The summed E-state index contributed by atoms with van der Waals surface area (Å²) in [5, 5.41) is 8.87. The van der Waals surface area contributed by atoms with Gasteiger partial charge < -0.3 is 9.84 Å². The summed E-state index contributed by atoms with van der Waals surface area (Å²) >= 11 is 0. The minimum atomic E-state index is 0.0978. The van der Waals surface area contributed by atoms with Gasteiger partial charge in [0.15, 0.2) is 0 Å². The molecule has 3 fully saturated rings. The first kappa shape index (κ1) is 39.9. The van der Waals surface area contributed by atoms with E-state index in [-0.39, 0.29) is 17.5 Å². The summed E-state index contributed by atoms with van der Waals surface area (Å²) in [5.41, 5.74) is 2.21. The molecule has 8 atom stereocenters. The number of carbonyl (C=O) groups excluding carboxylic acids is 1. The Balaban J connectivity index is 1.22. The van der Waals surface area contributed by atoms with Gasteiger partial charge >= 0.3 is 5.97 Å². The average Bonchev–Trinajstić information content (AvgIpc) is 3.43. The number of aliphatic hydroxyl groups excluding tert-OH is 1. The highest BCUT2D eigenvalue weighted by molar-refractivity contribution is 5.69. The lowest BCUT2D eigenvalue weighted by Crippen LogP contribution is -2.57. The van der Waals surface area contributed by atoms with E-state index in [1.54, 1.807) is 5.57 Å². The van der Waals surface area contributed by atoms with E-state index in [2.05, 4.69) is 40.7 Å². The Morgan fingerprint density at radius 3 is 2.00 bits per heavy atom. The van der Waals surface area contributed by atoms with Crippen LogP contribution in [-0.2, 0) is 9.53 Å². The first-order valence-electron chi connectivity index (χ1n) is 21.7. The zero-order valence-electron chi connectivity index (χ0n) is 32.7. The van der Waals surface area contributed by atoms with Gasteiger partial charge in [0.1, 0.15) is 6.10 Å². The summed E-state index contributed by atoms with van der Waals surface area (Å²) in [6.45, 7) is 12.8. The fourth-order valence-electron chi connectivity index (χ4n) is 11.7. The summed E-state index contributed by atoms with van der Waals surface area (Å²) < 4.78 is 6.76. The molecule has 0 bridgehead atoms. The second-order valence-electron chi connectivity index (χ2n) is 18.3. The fraction of sp³-hybridized carbons (Fsp3) is 0.933. The van der Waals surface area contributed by atoms with Crippen molar-refractivity contribution in [2.45, 2.75) is 214 Å². The van der Waals surface area contributed by atoms with Crippen LogP contribution in [0.3, 0.4) is 0 Å². The van der Waals surface area contributed by atoms with E-state index in [1.807, 2.05) is 0 Å². The molecular weight excluding hydrogens is 588 g/mol. The summed E-state index contributed by atoms with van der Waals surface area (Å²) in [7, 11) is 0. The Labute approximate surface area is 298 Å². The lowest BCUT2D eigenvalue weighted by Gasteiger charge is -2.60. The Bertz CT molecular complexity index is 954. The van der Waals surface area contributed by atoms with Crippen molar-refractivity contribution < 1.29 is 14.6 Å². The molecule has 4 rings (SSSR count). The van der Waals surface area contributed by atoms with Gasteiger partial charge in [0.25, 0.3) is 0 Å². The number of rotatable bonds is 23. The molecule has 0 amide bonds. The zero-order chi connectivity index (χ0) is 34.4. The van der Waals surface area contributed by atoms with Crippen molar-refractivity contribution in [3.05, 3.63) is 11.6 Å². The van der Waals surface area contributed by atoms with E-state index in [1.165, 1.54) is 148 Å². The summed E-state index contributed by atoms with van der Waals surface area (Å²) in [5.74, 6) is 4.44. The number of ether oxygens (including phenoxy) is 1. The van der Waals surface area contributed by atoms with E-state index in [9.17, 15) is 4.79 Å². The molecule has 0 radical (unpaired) electrons. The van der Waals surface area contributed by atoms with Gasteiger partial charge in [0.2, 0.25) is 0 Å². The van der Waals surface area contributed by atoms with Crippen LogP contribution in [0.5, 0.6) is 0 Å². The number of fused-ring (bicyclic) bond motifs is 5. The van der Waals surface area contributed by atoms with E-state index in [0.717, 1.165) is 31.1 Å². The highest BCUT2D eigenvalue weighted by atomic mass is 16.5. The molecule has 48 heavy (non-hydrogen) atoms. The van der Waals surface area contributed by atoms with Crippen molar-refractivity contribution in [1.82, 2.24) is 0 Å². The Kier molecular flexibility index (Phi) is 16.9. The molecule has 3 nitrogen and oxygen atoms in total. The first-order chi connectivity index (χ1) is 23.2. The maximum atomic E-state index is 13.6. The van der Waals surface area contributed by atoms with Crippen molar-refractivity contribution in [1.29, 1.82) is 0 Å². The van der Waals surface area contributed by atoms with Crippen LogP contribution in [0.15, 0.2) is 11.6 Å². The number of allylic oxidation sites excluding steroid dienone is 2. The molecule has 0 aromatic carbocycles. The predicted octanol–water partition coefficient (Wildman–Crippen LogP) is 13.2. The molecule has 0 saturated heterocycles. The number of esters is 1. The minimum absolute atomic E-state index is 0.0978. The number of hydrogen-bond donors (Lipinski definition) is 1. The average molecular weight is 669 g/mol. The Morgan fingerprint density at radius 2 is 1.40 bits per heavy atom. The van der Waals surface area contributed by atoms with Crippen molar-refractivity contribution >= 4 is 5.97 Å². The Morgan fingerprint density at radius 1 is 0.792 bits per heavy atom. The number of aliphatic hydroxyl groups is 1. The van der Waals surface area contributed by atoms with Crippen LogP contribution in [0.2, 0.25) is 0 Å². The fourth-order valence-corrected chi connectivity index (χ4v) is 11.7. The third-order valence-electron chi connectivity index (χ3n) is 14.6. The largest absolute Gasteiger partial charge is 0.462 e. The van der Waals surface area contributed by atoms with E-state index >= 15 is 0 Å². The van der Waals surface area contributed by atoms with Gasteiger partial charge in [-0.25, -0.2) is 0 Å². The van der Waals surface area contributed by atoms with Gasteiger partial charge in [-0.1, -0.05) is 155 Å². The summed E-state index contributed by atoms with van der Waals surface area (Å²) in [4.78, 5) is 13.6. The number of unbranched alkanes of at least 4 members (excludes halogenated alkanes) is 14. The van der Waals surface area contributed by atoms with E-state index in [4.69, 9.17) is 9.84 Å². The molecule has 0 aromatic heterocycles. The second-order valence-corrected chi connectivity index (χ2v) is 18.3. The monoisotopic (exact) mass is 669 g/mol. The molecule has 0 aromatic rings. The molecule has 278 valence electrons. The van der Waals surface area contributed by atoms with Crippen molar-refractivity contribution in [2.24, 2.45) is 46.3 Å². The number of hydrogen-bond acceptors (Lipinski definition) is 3. The predicted molar refractivity (Wildman–Crippen MR) is 204 cm³/mol. The molecule has 4 aliphatic carbocycles. The van der Waals surface area contributed by atoms with Gasteiger partial charge in [-0.3, -0.25) is 4.79 Å². The maximum Gasteiger partial charge on any atom is 0.306 e. The number of carbonyl (C=O) groups is 1. The maximum absolute atomic E-state index is 13.6. The molecule has 1 N–H and O–H groups in total. The zero-order valence-corrected chi connectivity index (χ0v) is 32.7. The second kappa shape index (κ2) is 20.3. The van der Waals surface area contributed by atoms with Crippen LogP contribution >= 0.6 is 0 Å². The molecule has 3 heteroatoms. The molecule has 0 spiro atoms. The van der Waals surface area contributed by atoms with Crippen LogP contribution in [0, 0.1) is 46.3 Å². The highest BCUT2D eigenvalue weighted by Crippen LogP contribution is 2.68. The molecular formula is C45H80O3. The molecule has 0 heterocycles.